The molecule has 5 aromatic rings. The number of pyridine rings is 2. The average molecular weight is 536 g/mol. The molecule has 0 aliphatic carbocycles. The van der Waals surface area contributed by atoms with Crippen molar-refractivity contribution >= 4 is 39.0 Å². The lowest BCUT2D eigenvalue weighted by molar-refractivity contribution is 0.403. The molecular weight excluding hydrogens is 502 g/mol. The van der Waals surface area contributed by atoms with Crippen LogP contribution in [0.5, 0.6) is 0 Å². The number of nitrogens with zero attached hydrogens (tertiary/aromatic N) is 4. The van der Waals surface area contributed by atoms with Gasteiger partial charge in [-0.25, -0.2) is 9.97 Å². The Kier molecular flexibility index (Phi) is 7.06. The van der Waals surface area contributed by atoms with Crippen LogP contribution in [0.4, 0.5) is 0 Å². The van der Waals surface area contributed by atoms with Crippen LogP contribution in [-0.2, 0) is 0 Å². The van der Waals surface area contributed by atoms with Crippen molar-refractivity contribution in [3.8, 4) is 22.0 Å². The van der Waals surface area contributed by atoms with Crippen molar-refractivity contribution in [3.05, 3.63) is 90.0 Å². The molecule has 0 aliphatic rings. The van der Waals surface area contributed by atoms with Crippen molar-refractivity contribution < 1.29 is 0 Å². The number of nitrogens with one attached hydrogen (secondary N) is 3. The maximum atomic E-state index is 5.00. The van der Waals surface area contributed by atoms with Gasteiger partial charge in [0.1, 0.15) is 11.0 Å². The Hall–Kier alpha value is -4.30. The van der Waals surface area contributed by atoms with Crippen LogP contribution in [0.25, 0.3) is 49.6 Å². The number of aromatic nitrogens is 6. The first-order chi connectivity index (χ1) is 18.6. The third-order valence-corrected chi connectivity index (χ3v) is 7.27. The SMILES string of the molecule is C=C/C(=C\C(=C/C)c1ccc2[nH]nc(-c3nc4c(-c5ccc(C)s5)cncc4[nH]3)c2n1)NC(=C)CC(C)(C)C. The lowest BCUT2D eigenvalue weighted by Gasteiger charge is -2.21. The second kappa shape index (κ2) is 10.5. The molecule has 198 valence electrons. The number of rotatable bonds is 8. The summed E-state index contributed by atoms with van der Waals surface area (Å²) in [5.74, 6) is 0.646. The minimum absolute atomic E-state index is 0.139. The summed E-state index contributed by atoms with van der Waals surface area (Å²) >= 11 is 1.73. The Morgan fingerprint density at radius 2 is 1.90 bits per heavy atom. The zero-order chi connectivity index (χ0) is 27.7. The molecule has 0 radical (unpaired) electrons. The highest BCUT2D eigenvalue weighted by atomic mass is 32.1. The highest BCUT2D eigenvalue weighted by molar-refractivity contribution is 7.15. The predicted molar refractivity (Wildman–Crippen MR) is 163 cm³/mol. The van der Waals surface area contributed by atoms with Gasteiger partial charge < -0.3 is 10.3 Å². The Morgan fingerprint density at radius 1 is 1.08 bits per heavy atom. The van der Waals surface area contributed by atoms with Crippen molar-refractivity contribution in [3.63, 3.8) is 0 Å². The van der Waals surface area contributed by atoms with Crippen LogP contribution >= 0.6 is 11.3 Å². The summed E-state index contributed by atoms with van der Waals surface area (Å²) in [7, 11) is 0. The first kappa shape index (κ1) is 26.3. The average Bonchev–Trinajstić information content (AvgIpc) is 3.62. The highest BCUT2D eigenvalue weighted by Gasteiger charge is 2.18. The van der Waals surface area contributed by atoms with Gasteiger partial charge in [0.05, 0.1) is 22.9 Å². The number of imidazole rings is 1. The third-order valence-electron chi connectivity index (χ3n) is 6.23. The number of aromatic amines is 2. The zero-order valence-electron chi connectivity index (χ0n) is 23.0. The molecule has 8 heteroatoms. The van der Waals surface area contributed by atoms with Crippen molar-refractivity contribution in [2.45, 2.75) is 41.0 Å². The van der Waals surface area contributed by atoms with Crippen LogP contribution in [0.3, 0.4) is 0 Å². The van der Waals surface area contributed by atoms with E-state index in [-0.39, 0.29) is 5.41 Å². The normalized spacial score (nSPS) is 12.8. The Balaban J connectivity index is 1.51. The number of hydrogen-bond donors (Lipinski definition) is 3. The summed E-state index contributed by atoms with van der Waals surface area (Å²) in [6, 6.07) is 8.20. The summed E-state index contributed by atoms with van der Waals surface area (Å²) in [5.41, 5.74) is 8.69. The van der Waals surface area contributed by atoms with E-state index in [2.05, 4.69) is 78.5 Å². The molecule has 0 fully saturated rings. The lowest BCUT2D eigenvalue weighted by Crippen LogP contribution is -2.16. The minimum atomic E-state index is 0.139. The molecule has 5 heterocycles. The van der Waals surface area contributed by atoms with Crippen LogP contribution in [-0.4, -0.2) is 30.1 Å². The van der Waals surface area contributed by atoms with Crippen LogP contribution < -0.4 is 5.32 Å². The van der Waals surface area contributed by atoms with Crippen molar-refractivity contribution in [2.24, 2.45) is 5.41 Å². The molecule has 3 N–H and O–H groups in total. The van der Waals surface area contributed by atoms with Crippen LogP contribution in [0.1, 0.15) is 44.7 Å². The Bertz CT molecular complexity index is 1750. The molecular formula is C31H33N7S. The first-order valence-electron chi connectivity index (χ1n) is 12.9. The fourth-order valence-corrected chi connectivity index (χ4v) is 5.42. The van der Waals surface area contributed by atoms with Gasteiger partial charge in [-0.1, -0.05) is 40.0 Å². The zero-order valence-corrected chi connectivity index (χ0v) is 23.8. The first-order valence-corrected chi connectivity index (χ1v) is 13.7. The molecule has 0 aliphatic heterocycles. The van der Waals surface area contributed by atoms with Gasteiger partial charge in [-0.05, 0) is 67.7 Å². The highest BCUT2D eigenvalue weighted by Crippen LogP contribution is 2.34. The molecule has 5 aromatic heterocycles. The summed E-state index contributed by atoms with van der Waals surface area (Å²) in [4.78, 5) is 20.2. The van der Waals surface area contributed by atoms with Crippen molar-refractivity contribution in [2.75, 3.05) is 0 Å². The van der Waals surface area contributed by atoms with E-state index in [1.165, 1.54) is 4.88 Å². The van der Waals surface area contributed by atoms with Gasteiger partial charge in [-0.2, -0.15) is 5.10 Å². The maximum Gasteiger partial charge on any atom is 0.161 e. The smallest absolute Gasteiger partial charge is 0.161 e. The summed E-state index contributed by atoms with van der Waals surface area (Å²) in [5, 5.41) is 11.1. The van der Waals surface area contributed by atoms with Gasteiger partial charge in [-0.3, -0.25) is 10.1 Å². The minimum Gasteiger partial charge on any atom is -0.359 e. The van der Waals surface area contributed by atoms with E-state index in [4.69, 9.17) is 9.97 Å². The fourth-order valence-electron chi connectivity index (χ4n) is 4.54. The molecule has 0 unspecified atom stereocenters. The number of H-pyrrole nitrogens is 2. The Labute approximate surface area is 232 Å². The largest absolute Gasteiger partial charge is 0.359 e. The summed E-state index contributed by atoms with van der Waals surface area (Å²) in [6.45, 7) is 18.9. The van der Waals surface area contributed by atoms with Crippen molar-refractivity contribution in [1.82, 2.24) is 35.5 Å². The standard InChI is InChI=1S/C31H33N7S/c1-8-20(14-21(9-2)33-18(3)15-31(5,6)7)23-11-12-24-28(34-23)29(38-37-24)30-35-25-17-32-16-22(27(25)36-30)26-13-10-19(4)39-26/h8-14,16-17,33H,2-3,15H2,1,4-7H3,(H,35,36)(H,37,38)/b20-8+,21-14+. The van der Waals surface area contributed by atoms with E-state index in [1.807, 2.05) is 37.4 Å². The van der Waals surface area contributed by atoms with E-state index < -0.39 is 0 Å². The van der Waals surface area contributed by atoms with Gasteiger partial charge >= 0.3 is 0 Å². The van der Waals surface area contributed by atoms with Gasteiger partial charge in [0.25, 0.3) is 0 Å². The van der Waals surface area contributed by atoms with Gasteiger partial charge in [0.2, 0.25) is 0 Å². The van der Waals surface area contributed by atoms with Crippen molar-refractivity contribution in [1.29, 1.82) is 0 Å². The number of fused-ring (bicyclic) bond motifs is 2. The van der Waals surface area contributed by atoms with E-state index in [9.17, 15) is 0 Å². The lowest BCUT2D eigenvalue weighted by atomic mass is 9.91. The van der Waals surface area contributed by atoms with Gasteiger partial charge in [0, 0.05) is 32.9 Å². The number of aryl methyl sites for hydroxylation is 1. The summed E-state index contributed by atoms with van der Waals surface area (Å²) < 4.78 is 0. The fraction of sp³-hybridized carbons (Fsp3) is 0.226. The molecule has 0 saturated heterocycles. The number of allylic oxidation sites excluding steroid dienone is 5. The molecule has 0 spiro atoms. The molecule has 0 saturated carbocycles. The van der Waals surface area contributed by atoms with Crippen LogP contribution in [0.2, 0.25) is 0 Å². The molecule has 39 heavy (non-hydrogen) atoms. The molecule has 0 bridgehead atoms. The van der Waals surface area contributed by atoms with Crippen LogP contribution in [0, 0.1) is 12.3 Å². The molecule has 7 nitrogen and oxygen atoms in total. The van der Waals surface area contributed by atoms with E-state index in [0.717, 1.165) is 61.6 Å². The third kappa shape index (κ3) is 5.61. The summed E-state index contributed by atoms with van der Waals surface area (Å²) in [6.07, 6.45) is 10.4. The number of thiophene rings is 1. The monoisotopic (exact) mass is 535 g/mol. The van der Waals surface area contributed by atoms with Gasteiger partial charge in [-0.15, -0.1) is 11.3 Å². The second-order valence-electron chi connectivity index (χ2n) is 10.8. The van der Waals surface area contributed by atoms with E-state index in [0.29, 0.717) is 11.5 Å². The molecule has 0 atom stereocenters. The Morgan fingerprint density at radius 3 is 2.59 bits per heavy atom. The van der Waals surface area contributed by atoms with E-state index in [1.54, 1.807) is 23.6 Å². The molecule has 5 rings (SSSR count). The second-order valence-corrected chi connectivity index (χ2v) is 12.0. The quantitative estimate of drug-likeness (QED) is 0.175. The van der Waals surface area contributed by atoms with E-state index >= 15 is 0 Å². The topological polar surface area (TPSA) is 95.2 Å². The maximum absolute atomic E-state index is 5.00. The molecule has 0 amide bonds. The molecule has 0 aromatic carbocycles. The number of hydrogen-bond acceptors (Lipinski definition) is 6. The predicted octanol–water partition coefficient (Wildman–Crippen LogP) is 7.95. The van der Waals surface area contributed by atoms with Crippen LogP contribution in [0.15, 0.2) is 79.4 Å². The van der Waals surface area contributed by atoms with Gasteiger partial charge in [0.15, 0.2) is 11.5 Å².